The Balaban J connectivity index is 2.24. The van der Waals surface area contributed by atoms with Gasteiger partial charge in [0.15, 0.2) is 0 Å². The summed E-state index contributed by atoms with van der Waals surface area (Å²) < 4.78 is 5.34. The molecule has 1 atom stereocenters. The minimum atomic E-state index is -0.128. The first-order chi connectivity index (χ1) is 8.69. The molecule has 0 amide bonds. The van der Waals surface area contributed by atoms with E-state index in [1.54, 1.807) is 7.11 Å². The van der Waals surface area contributed by atoms with Gasteiger partial charge in [-0.3, -0.25) is 0 Å². The number of hydrogen-bond acceptors (Lipinski definition) is 2. The predicted octanol–water partition coefficient (Wildman–Crippen LogP) is 3.77. The average molecular weight is 247 g/mol. The first-order valence-corrected chi connectivity index (χ1v) is 7.16. The molecule has 0 saturated heterocycles. The van der Waals surface area contributed by atoms with Gasteiger partial charge in [0.05, 0.1) is 7.11 Å². The van der Waals surface area contributed by atoms with Crippen LogP contribution in [0.3, 0.4) is 0 Å². The molecule has 0 bridgehead atoms. The molecule has 0 saturated carbocycles. The highest BCUT2D eigenvalue weighted by molar-refractivity contribution is 5.41. The number of rotatable bonds is 5. The van der Waals surface area contributed by atoms with Gasteiger partial charge in [-0.15, -0.1) is 0 Å². The van der Waals surface area contributed by atoms with Crippen LogP contribution in [0, 0.1) is 0 Å². The van der Waals surface area contributed by atoms with Gasteiger partial charge >= 0.3 is 0 Å². The van der Waals surface area contributed by atoms with Crippen LogP contribution in [-0.4, -0.2) is 7.11 Å². The lowest BCUT2D eigenvalue weighted by atomic mass is 9.74. The molecular weight excluding hydrogens is 222 g/mol. The highest BCUT2D eigenvalue weighted by Crippen LogP contribution is 2.38. The van der Waals surface area contributed by atoms with E-state index in [0.717, 1.165) is 25.0 Å². The highest BCUT2D eigenvalue weighted by Gasteiger charge is 2.32. The van der Waals surface area contributed by atoms with E-state index in [1.807, 2.05) is 0 Å². The van der Waals surface area contributed by atoms with Crippen LogP contribution in [0.2, 0.25) is 0 Å². The van der Waals surface area contributed by atoms with Crippen LogP contribution in [0.25, 0.3) is 0 Å². The first kappa shape index (κ1) is 13.4. The topological polar surface area (TPSA) is 35.2 Å². The molecule has 2 nitrogen and oxygen atoms in total. The first-order valence-electron chi connectivity index (χ1n) is 7.16. The maximum atomic E-state index is 6.68. The molecule has 1 aliphatic carbocycles. The molecule has 0 aromatic heterocycles. The van der Waals surface area contributed by atoms with Crippen LogP contribution < -0.4 is 10.5 Å². The second-order valence-electron chi connectivity index (χ2n) is 5.49. The van der Waals surface area contributed by atoms with Crippen molar-refractivity contribution in [3.05, 3.63) is 29.3 Å². The van der Waals surface area contributed by atoms with Gasteiger partial charge in [0.1, 0.15) is 5.75 Å². The van der Waals surface area contributed by atoms with Gasteiger partial charge in [-0.05, 0) is 48.9 Å². The number of aryl methyl sites for hydroxylation is 1. The Morgan fingerprint density at radius 1 is 1.33 bits per heavy atom. The summed E-state index contributed by atoms with van der Waals surface area (Å²) in [5.41, 5.74) is 9.29. The van der Waals surface area contributed by atoms with Crippen molar-refractivity contribution in [1.82, 2.24) is 0 Å². The molecule has 1 aliphatic rings. The van der Waals surface area contributed by atoms with E-state index in [2.05, 4.69) is 25.1 Å². The summed E-state index contributed by atoms with van der Waals surface area (Å²) in [5.74, 6) is 0.931. The average Bonchev–Trinajstić information content (AvgIpc) is 2.39. The van der Waals surface area contributed by atoms with Crippen molar-refractivity contribution in [1.29, 1.82) is 0 Å². The van der Waals surface area contributed by atoms with Crippen molar-refractivity contribution in [2.45, 2.75) is 57.4 Å². The van der Waals surface area contributed by atoms with Gasteiger partial charge in [0.25, 0.3) is 0 Å². The molecule has 1 aromatic rings. The molecule has 0 heterocycles. The summed E-state index contributed by atoms with van der Waals surface area (Å²) in [6, 6.07) is 6.39. The van der Waals surface area contributed by atoms with Gasteiger partial charge < -0.3 is 10.5 Å². The standard InChI is InChI=1S/C16H25NO/c1-3-4-5-10-16(17)11-6-7-13-8-9-14(18-2)12-15(13)16/h8-9,12H,3-7,10-11,17H2,1-2H3. The fourth-order valence-electron chi connectivity index (χ4n) is 3.04. The summed E-state index contributed by atoms with van der Waals surface area (Å²) >= 11 is 0. The van der Waals surface area contributed by atoms with Crippen molar-refractivity contribution in [2.24, 2.45) is 5.73 Å². The van der Waals surface area contributed by atoms with Crippen molar-refractivity contribution >= 4 is 0 Å². The third-order valence-corrected chi connectivity index (χ3v) is 4.15. The SMILES string of the molecule is CCCCCC1(N)CCCc2ccc(OC)cc21. The summed E-state index contributed by atoms with van der Waals surface area (Å²) in [4.78, 5) is 0. The van der Waals surface area contributed by atoms with Crippen LogP contribution in [0.4, 0.5) is 0 Å². The van der Waals surface area contributed by atoms with Gasteiger partial charge in [-0.25, -0.2) is 0 Å². The van der Waals surface area contributed by atoms with E-state index in [1.165, 1.54) is 36.8 Å². The molecule has 0 radical (unpaired) electrons. The molecule has 2 N–H and O–H groups in total. The van der Waals surface area contributed by atoms with Crippen molar-refractivity contribution in [3.63, 3.8) is 0 Å². The van der Waals surface area contributed by atoms with Crippen LogP contribution in [-0.2, 0) is 12.0 Å². The second kappa shape index (κ2) is 5.75. The number of methoxy groups -OCH3 is 1. The number of fused-ring (bicyclic) bond motifs is 1. The molecule has 18 heavy (non-hydrogen) atoms. The number of ether oxygens (including phenoxy) is 1. The number of nitrogens with two attached hydrogens (primary N) is 1. The molecule has 1 aromatic carbocycles. The Labute approximate surface area is 111 Å². The summed E-state index contributed by atoms with van der Waals surface area (Å²) in [6.07, 6.45) is 8.33. The largest absolute Gasteiger partial charge is 0.497 e. The molecule has 2 heteroatoms. The zero-order valence-electron chi connectivity index (χ0n) is 11.7. The van der Waals surface area contributed by atoms with Gasteiger partial charge in [0.2, 0.25) is 0 Å². The Morgan fingerprint density at radius 2 is 2.17 bits per heavy atom. The van der Waals surface area contributed by atoms with Crippen LogP contribution in [0.1, 0.15) is 56.6 Å². The summed E-state index contributed by atoms with van der Waals surface area (Å²) in [5, 5.41) is 0. The highest BCUT2D eigenvalue weighted by atomic mass is 16.5. The zero-order valence-corrected chi connectivity index (χ0v) is 11.7. The van der Waals surface area contributed by atoms with Crippen LogP contribution in [0.15, 0.2) is 18.2 Å². The van der Waals surface area contributed by atoms with E-state index in [0.29, 0.717) is 0 Å². The van der Waals surface area contributed by atoms with Crippen LogP contribution >= 0.6 is 0 Å². The quantitative estimate of drug-likeness (QED) is 0.804. The monoisotopic (exact) mass is 247 g/mol. The fourth-order valence-corrected chi connectivity index (χ4v) is 3.04. The number of unbranched alkanes of at least 4 members (excludes halogenated alkanes) is 2. The Hall–Kier alpha value is -1.02. The van der Waals surface area contributed by atoms with Crippen molar-refractivity contribution in [2.75, 3.05) is 7.11 Å². The van der Waals surface area contributed by atoms with E-state index in [9.17, 15) is 0 Å². The van der Waals surface area contributed by atoms with Crippen molar-refractivity contribution in [3.8, 4) is 5.75 Å². The number of hydrogen-bond donors (Lipinski definition) is 1. The Kier molecular flexibility index (Phi) is 4.28. The lowest BCUT2D eigenvalue weighted by Gasteiger charge is -2.36. The van der Waals surface area contributed by atoms with Gasteiger partial charge in [-0.1, -0.05) is 32.3 Å². The smallest absolute Gasteiger partial charge is 0.119 e. The molecule has 0 spiro atoms. The number of benzene rings is 1. The minimum absolute atomic E-state index is 0.128. The maximum Gasteiger partial charge on any atom is 0.119 e. The minimum Gasteiger partial charge on any atom is -0.497 e. The lowest BCUT2D eigenvalue weighted by molar-refractivity contribution is 0.330. The lowest BCUT2D eigenvalue weighted by Crippen LogP contribution is -2.40. The zero-order chi connectivity index (χ0) is 13.0. The summed E-state index contributed by atoms with van der Waals surface area (Å²) in [7, 11) is 1.72. The Morgan fingerprint density at radius 3 is 2.89 bits per heavy atom. The normalized spacial score (nSPS) is 22.6. The van der Waals surface area contributed by atoms with Gasteiger partial charge in [0, 0.05) is 5.54 Å². The maximum absolute atomic E-state index is 6.68. The van der Waals surface area contributed by atoms with Crippen LogP contribution in [0.5, 0.6) is 5.75 Å². The van der Waals surface area contributed by atoms with E-state index in [4.69, 9.17) is 10.5 Å². The molecule has 0 aliphatic heterocycles. The molecule has 100 valence electrons. The van der Waals surface area contributed by atoms with Gasteiger partial charge in [-0.2, -0.15) is 0 Å². The molecular formula is C16H25NO. The van der Waals surface area contributed by atoms with Crippen molar-refractivity contribution < 1.29 is 4.74 Å². The molecule has 0 fully saturated rings. The fraction of sp³-hybridized carbons (Fsp3) is 0.625. The van der Waals surface area contributed by atoms with E-state index in [-0.39, 0.29) is 5.54 Å². The second-order valence-corrected chi connectivity index (χ2v) is 5.49. The third kappa shape index (κ3) is 2.69. The molecule has 1 unspecified atom stereocenters. The third-order valence-electron chi connectivity index (χ3n) is 4.15. The Bertz CT molecular complexity index is 402. The van der Waals surface area contributed by atoms with E-state index >= 15 is 0 Å². The summed E-state index contributed by atoms with van der Waals surface area (Å²) in [6.45, 7) is 2.24. The predicted molar refractivity (Wildman–Crippen MR) is 75.9 cm³/mol. The molecule has 2 rings (SSSR count). The van der Waals surface area contributed by atoms with E-state index < -0.39 is 0 Å².